The van der Waals surface area contributed by atoms with Crippen LogP contribution in [0.25, 0.3) is 22.3 Å². The van der Waals surface area contributed by atoms with Gasteiger partial charge >= 0.3 is 0 Å². The largest absolute Gasteiger partial charge is 0.311 e. The second kappa shape index (κ2) is 36.8. The van der Waals surface area contributed by atoms with Gasteiger partial charge in [-0.05, 0) is 232 Å². The van der Waals surface area contributed by atoms with Gasteiger partial charge in [-0.15, -0.1) is 0 Å². The minimum absolute atomic E-state index is 0.0493. The molecule has 0 fully saturated rings. The molecule has 2 aliphatic rings. The molecule has 0 aromatic heterocycles. The van der Waals surface area contributed by atoms with Gasteiger partial charge in [0.25, 0.3) is 0 Å². The van der Waals surface area contributed by atoms with Gasteiger partial charge in [-0.3, -0.25) is 0 Å². The molecule has 102 heavy (non-hydrogen) atoms. The van der Waals surface area contributed by atoms with Gasteiger partial charge in [-0.2, -0.15) is 0 Å². The number of hydrogen-bond donors (Lipinski definition) is 0. The lowest BCUT2D eigenvalue weighted by molar-refractivity contribution is 0.397. The zero-order valence-electron chi connectivity index (χ0n) is 64.5. The van der Waals surface area contributed by atoms with E-state index in [1.54, 1.807) is 11.1 Å². The van der Waals surface area contributed by atoms with Gasteiger partial charge in [0.2, 0.25) is 0 Å². The molecule has 0 amide bonds. The van der Waals surface area contributed by atoms with E-state index in [0.717, 1.165) is 34.1 Å². The summed E-state index contributed by atoms with van der Waals surface area (Å²) < 4.78 is 0. The van der Waals surface area contributed by atoms with Crippen LogP contribution in [0.15, 0.2) is 218 Å². The molecule has 0 saturated heterocycles. The minimum Gasteiger partial charge on any atom is -0.311 e. The average Bonchev–Trinajstić information content (AvgIpc) is 1.52. The van der Waals surface area contributed by atoms with Crippen molar-refractivity contribution in [1.82, 2.24) is 0 Å². The van der Waals surface area contributed by atoms with Crippen molar-refractivity contribution in [2.24, 2.45) is 0 Å². The van der Waals surface area contributed by atoms with Gasteiger partial charge in [0, 0.05) is 39.5 Å². The summed E-state index contributed by atoms with van der Waals surface area (Å²) >= 11 is 0. The summed E-state index contributed by atoms with van der Waals surface area (Å²) in [6, 6.07) is 84.3. The molecule has 2 nitrogen and oxygen atoms in total. The predicted molar refractivity (Wildman–Crippen MR) is 444 cm³/mol. The van der Waals surface area contributed by atoms with Crippen LogP contribution in [0.2, 0.25) is 0 Å². The highest BCUT2D eigenvalue weighted by molar-refractivity contribution is 5.93. The van der Waals surface area contributed by atoms with Crippen molar-refractivity contribution in [3.8, 4) is 22.3 Å². The zero-order chi connectivity index (χ0) is 71.3. The second-order valence-electron chi connectivity index (χ2n) is 30.9. The first-order valence-electron chi connectivity index (χ1n) is 40.5. The first-order chi connectivity index (χ1) is 49.9. The highest BCUT2D eigenvalue weighted by Crippen LogP contribution is 2.62. The monoisotopic (exact) mass is 1350 g/mol. The van der Waals surface area contributed by atoms with Crippen LogP contribution < -0.4 is 9.80 Å². The highest BCUT2D eigenvalue weighted by atomic mass is 15.2. The van der Waals surface area contributed by atoms with Crippen LogP contribution in [0.4, 0.5) is 34.1 Å². The third kappa shape index (κ3) is 17.9. The summed E-state index contributed by atoms with van der Waals surface area (Å²) in [6.07, 6.45) is 37.0. The topological polar surface area (TPSA) is 6.48 Å². The van der Waals surface area contributed by atoms with Gasteiger partial charge in [0.05, 0.1) is 5.41 Å². The quantitative estimate of drug-likeness (QED) is 0.0361. The van der Waals surface area contributed by atoms with Gasteiger partial charge in [-0.25, -0.2) is 0 Å². The lowest BCUT2D eigenvalue weighted by Crippen LogP contribution is -2.29. The second-order valence-corrected chi connectivity index (χ2v) is 30.9. The fourth-order valence-electron chi connectivity index (χ4n) is 16.9. The van der Waals surface area contributed by atoms with Crippen LogP contribution in [0, 0.1) is 41.5 Å². The Kier molecular flexibility index (Phi) is 27.0. The summed E-state index contributed by atoms with van der Waals surface area (Å²) in [5.74, 6) is 0. The van der Waals surface area contributed by atoms with Crippen LogP contribution in [-0.4, -0.2) is 0 Å². The van der Waals surface area contributed by atoms with E-state index >= 15 is 0 Å². The smallest absolute Gasteiger partial charge is 0.0713 e. The van der Waals surface area contributed by atoms with E-state index < -0.39 is 5.41 Å². The van der Waals surface area contributed by atoms with E-state index in [1.807, 2.05) is 0 Å². The molecule has 532 valence electrons. The number of fused-ring (bicyclic) bond motifs is 6. The molecule has 0 spiro atoms. The predicted octanol–water partition coefficient (Wildman–Crippen LogP) is 30.1. The molecule has 0 atom stereocenters. The number of hydrogen-bond acceptors (Lipinski definition) is 2. The van der Waals surface area contributed by atoms with E-state index in [0.29, 0.717) is 0 Å². The standard InChI is InChI=1S/C66H90.C34H32N2/c1-7-11-15-19-23-27-31-53-35-39-55(40-36-53)66(56-41-37-54(38-42-56)32-28-24-20-16-12-8-2)63-48-52(6)34-44-58(63)60-49-62-59(50-64(60)66)57-43-33-51(5)47-61(57)65(62,45-29-25-21-17-13-9-3)46-30-26-22-18-14-10-4;1-25-5-13-29(14-6-25)35(30-15-7-26(2)8-16-30)33-21-23-34(24-22-33)36(31-17-9-27(3)10-18-31)32-19-11-28(4)12-20-32/h33-44,47-50H,7-32,45-46H2,1-6H3;5-24H,1-4H3. The molecule has 2 aliphatic carbocycles. The van der Waals surface area contributed by atoms with Crippen molar-refractivity contribution in [3.63, 3.8) is 0 Å². The first-order valence-corrected chi connectivity index (χ1v) is 40.5. The van der Waals surface area contributed by atoms with E-state index in [2.05, 4.69) is 297 Å². The summed E-state index contributed by atoms with van der Waals surface area (Å²) in [6.45, 7) is 22.5. The molecule has 0 N–H and O–H groups in total. The molecular formula is C100H122N2. The lowest BCUT2D eigenvalue weighted by atomic mass is 9.66. The van der Waals surface area contributed by atoms with Crippen molar-refractivity contribution in [2.45, 2.75) is 260 Å². The normalized spacial score (nSPS) is 12.9. The zero-order valence-corrected chi connectivity index (χ0v) is 64.5. The van der Waals surface area contributed by atoms with E-state index in [-0.39, 0.29) is 5.41 Å². The summed E-state index contributed by atoms with van der Waals surface area (Å²) in [4.78, 5) is 4.62. The molecule has 0 saturated carbocycles. The molecule has 10 aromatic carbocycles. The molecule has 0 bridgehead atoms. The maximum Gasteiger partial charge on any atom is 0.0713 e. The van der Waals surface area contributed by atoms with Crippen molar-refractivity contribution in [2.75, 3.05) is 9.80 Å². The van der Waals surface area contributed by atoms with Crippen LogP contribution in [0.5, 0.6) is 0 Å². The summed E-state index contributed by atoms with van der Waals surface area (Å²) in [7, 11) is 0. The number of rotatable bonds is 36. The number of nitrogens with zero attached hydrogens (tertiary/aromatic N) is 2. The molecular weight excluding hydrogens is 1230 g/mol. The van der Waals surface area contributed by atoms with Gasteiger partial charge in [0.1, 0.15) is 0 Å². The summed E-state index contributed by atoms with van der Waals surface area (Å²) in [5.41, 5.74) is 32.1. The van der Waals surface area contributed by atoms with Gasteiger partial charge in [0.15, 0.2) is 0 Å². The fraction of sp³-hybridized carbons (Fsp3) is 0.400. The maximum atomic E-state index is 2.77. The Bertz CT molecular complexity index is 3910. The van der Waals surface area contributed by atoms with Gasteiger partial charge in [-0.1, -0.05) is 336 Å². The number of aryl methyl sites for hydroxylation is 8. The Balaban J connectivity index is 0.000000243. The van der Waals surface area contributed by atoms with Crippen LogP contribution >= 0.6 is 0 Å². The SMILES string of the molecule is CCCCCCCCc1ccc(C2(c3ccc(CCCCCCCC)cc3)c3cc(C)ccc3-c3cc4c(cc32)-c2ccc(C)cc2C4(CCCCCCCC)CCCCCCCC)cc1.Cc1ccc(N(c2ccc(C)cc2)c2ccc(N(c3ccc(C)cc3)c3ccc(C)cc3)cc2)cc1. The Morgan fingerprint density at radius 3 is 0.833 bits per heavy atom. The van der Waals surface area contributed by atoms with Crippen LogP contribution in [0.3, 0.4) is 0 Å². The maximum absolute atomic E-state index is 2.77. The molecule has 0 unspecified atom stereocenters. The van der Waals surface area contributed by atoms with Crippen molar-refractivity contribution in [3.05, 3.63) is 296 Å². The van der Waals surface area contributed by atoms with Crippen molar-refractivity contribution >= 4 is 34.1 Å². The molecule has 2 heteroatoms. The van der Waals surface area contributed by atoms with Gasteiger partial charge < -0.3 is 9.80 Å². The van der Waals surface area contributed by atoms with E-state index in [4.69, 9.17) is 0 Å². The van der Waals surface area contributed by atoms with Crippen LogP contribution in [-0.2, 0) is 23.7 Å². The Morgan fingerprint density at radius 2 is 0.480 bits per heavy atom. The average molecular weight is 1350 g/mol. The Labute approximate surface area is 618 Å². The number of benzene rings is 10. The first kappa shape index (κ1) is 75.0. The van der Waals surface area contributed by atoms with E-state index in [9.17, 15) is 0 Å². The molecule has 0 heterocycles. The molecule has 0 radical (unpaired) electrons. The Morgan fingerprint density at radius 1 is 0.225 bits per heavy atom. The highest BCUT2D eigenvalue weighted by Gasteiger charge is 2.50. The van der Waals surface area contributed by atoms with Crippen molar-refractivity contribution < 1.29 is 0 Å². The van der Waals surface area contributed by atoms with E-state index in [1.165, 1.54) is 269 Å². The number of unbranched alkanes of at least 4 members (excludes halogenated alkanes) is 20. The fourth-order valence-corrected chi connectivity index (χ4v) is 16.9. The van der Waals surface area contributed by atoms with Crippen molar-refractivity contribution in [1.29, 1.82) is 0 Å². The summed E-state index contributed by atoms with van der Waals surface area (Å²) in [5, 5.41) is 0. The molecule has 10 aromatic rings. The molecule has 12 rings (SSSR count). The number of anilines is 6. The lowest BCUT2D eigenvalue weighted by Gasteiger charge is -2.35. The minimum atomic E-state index is -0.405. The Hall–Kier alpha value is -8.20. The third-order valence-corrected chi connectivity index (χ3v) is 22.8. The van der Waals surface area contributed by atoms with Crippen LogP contribution in [0.1, 0.15) is 273 Å². The molecule has 0 aliphatic heterocycles. The third-order valence-electron chi connectivity index (χ3n) is 22.8.